The number of rotatable bonds is 7. The molecule has 0 heterocycles. The van der Waals surface area contributed by atoms with Gasteiger partial charge in [-0.1, -0.05) is 24.3 Å². The molecule has 6 nitrogen and oxygen atoms in total. The highest BCUT2D eigenvalue weighted by atomic mass is 16.5. The van der Waals surface area contributed by atoms with Crippen LogP contribution in [0.2, 0.25) is 0 Å². The van der Waals surface area contributed by atoms with Crippen LogP contribution in [0.4, 0.5) is 0 Å². The number of hydrogen-bond donors (Lipinski definition) is 3. The summed E-state index contributed by atoms with van der Waals surface area (Å²) in [4.78, 5) is 15.3. The van der Waals surface area contributed by atoms with Crippen LogP contribution in [0.5, 0.6) is 5.75 Å². The van der Waals surface area contributed by atoms with Crippen molar-refractivity contribution in [2.75, 3.05) is 13.6 Å². The van der Waals surface area contributed by atoms with Crippen molar-refractivity contribution in [3.63, 3.8) is 0 Å². The SMILES string of the molecule is CN=C(NCc1ccc(C(N)=O)cc1)NCC(C)Oc1cccc(C)c1. The number of carbonyl (C=O) groups is 1. The number of nitrogens with two attached hydrogens (primary N) is 1. The van der Waals surface area contributed by atoms with E-state index >= 15 is 0 Å². The first kappa shape index (κ1) is 19.3. The van der Waals surface area contributed by atoms with Gasteiger partial charge < -0.3 is 21.1 Å². The summed E-state index contributed by atoms with van der Waals surface area (Å²) in [5.74, 6) is 1.12. The van der Waals surface area contributed by atoms with E-state index in [4.69, 9.17) is 10.5 Å². The van der Waals surface area contributed by atoms with E-state index in [9.17, 15) is 4.79 Å². The van der Waals surface area contributed by atoms with Gasteiger partial charge in [0.25, 0.3) is 0 Å². The quantitative estimate of drug-likeness (QED) is 0.525. The summed E-state index contributed by atoms with van der Waals surface area (Å²) in [7, 11) is 1.72. The Balaban J connectivity index is 1.79. The molecule has 0 aliphatic carbocycles. The average Bonchev–Trinajstić information content (AvgIpc) is 2.62. The number of amides is 1. The predicted octanol–water partition coefficient (Wildman–Crippen LogP) is 2.23. The zero-order valence-electron chi connectivity index (χ0n) is 15.5. The van der Waals surface area contributed by atoms with E-state index < -0.39 is 5.91 Å². The molecular weight excluding hydrogens is 328 g/mol. The minimum Gasteiger partial charge on any atom is -0.489 e. The maximum Gasteiger partial charge on any atom is 0.248 e. The number of benzene rings is 2. The van der Waals surface area contributed by atoms with E-state index in [1.165, 1.54) is 5.56 Å². The lowest BCUT2D eigenvalue weighted by molar-refractivity contribution is 0.100. The summed E-state index contributed by atoms with van der Waals surface area (Å²) < 4.78 is 5.90. The highest BCUT2D eigenvalue weighted by Crippen LogP contribution is 2.13. The van der Waals surface area contributed by atoms with Crippen molar-refractivity contribution in [1.29, 1.82) is 0 Å². The summed E-state index contributed by atoms with van der Waals surface area (Å²) in [6.45, 7) is 5.25. The van der Waals surface area contributed by atoms with Crippen molar-refractivity contribution in [1.82, 2.24) is 10.6 Å². The third-order valence-electron chi connectivity index (χ3n) is 3.81. The van der Waals surface area contributed by atoms with Crippen LogP contribution in [0.1, 0.15) is 28.4 Å². The smallest absolute Gasteiger partial charge is 0.248 e. The number of nitrogens with zero attached hydrogens (tertiary/aromatic N) is 1. The van der Waals surface area contributed by atoms with Gasteiger partial charge in [-0.3, -0.25) is 9.79 Å². The predicted molar refractivity (Wildman–Crippen MR) is 104 cm³/mol. The summed E-state index contributed by atoms with van der Waals surface area (Å²) in [6.07, 6.45) is -0.00907. The van der Waals surface area contributed by atoms with Crippen LogP contribution in [0, 0.1) is 6.92 Å². The van der Waals surface area contributed by atoms with E-state index in [2.05, 4.69) is 15.6 Å². The van der Waals surface area contributed by atoms with Crippen LogP contribution < -0.4 is 21.1 Å². The van der Waals surface area contributed by atoms with Gasteiger partial charge in [0.2, 0.25) is 5.91 Å². The molecule has 0 spiro atoms. The van der Waals surface area contributed by atoms with Gasteiger partial charge in [0.05, 0.1) is 6.54 Å². The first-order valence-electron chi connectivity index (χ1n) is 8.54. The monoisotopic (exact) mass is 354 g/mol. The fourth-order valence-corrected chi connectivity index (χ4v) is 2.40. The highest BCUT2D eigenvalue weighted by Gasteiger charge is 2.06. The van der Waals surface area contributed by atoms with Crippen LogP contribution in [-0.2, 0) is 6.54 Å². The molecule has 0 radical (unpaired) electrons. The number of hydrogen-bond acceptors (Lipinski definition) is 3. The lowest BCUT2D eigenvalue weighted by Gasteiger charge is -2.18. The van der Waals surface area contributed by atoms with Gasteiger partial charge in [0.15, 0.2) is 5.96 Å². The minimum absolute atomic E-state index is 0.00907. The molecule has 0 saturated heterocycles. The second-order valence-corrected chi connectivity index (χ2v) is 6.11. The molecule has 2 aromatic carbocycles. The van der Waals surface area contributed by atoms with Gasteiger partial charge in [-0.15, -0.1) is 0 Å². The van der Waals surface area contributed by atoms with Gasteiger partial charge >= 0.3 is 0 Å². The Kier molecular flexibility index (Phi) is 7.02. The number of guanidine groups is 1. The van der Waals surface area contributed by atoms with Gasteiger partial charge in [-0.05, 0) is 49.2 Å². The topological polar surface area (TPSA) is 88.7 Å². The van der Waals surface area contributed by atoms with Crippen LogP contribution >= 0.6 is 0 Å². The molecule has 138 valence electrons. The fourth-order valence-electron chi connectivity index (χ4n) is 2.40. The van der Waals surface area contributed by atoms with E-state index in [-0.39, 0.29) is 6.10 Å². The molecule has 0 aliphatic rings. The Morgan fingerprint density at radius 1 is 1.19 bits per heavy atom. The molecule has 26 heavy (non-hydrogen) atoms. The first-order chi connectivity index (χ1) is 12.5. The third-order valence-corrected chi connectivity index (χ3v) is 3.81. The molecule has 2 rings (SSSR count). The van der Waals surface area contributed by atoms with Gasteiger partial charge in [-0.25, -0.2) is 0 Å². The summed E-state index contributed by atoms with van der Waals surface area (Å²) in [6, 6.07) is 15.1. The van der Waals surface area contributed by atoms with Crippen LogP contribution in [0.15, 0.2) is 53.5 Å². The number of primary amides is 1. The zero-order chi connectivity index (χ0) is 18.9. The van der Waals surface area contributed by atoms with Gasteiger partial charge in [0, 0.05) is 19.2 Å². The van der Waals surface area contributed by atoms with Crippen LogP contribution in [0.25, 0.3) is 0 Å². The van der Waals surface area contributed by atoms with E-state index in [0.717, 1.165) is 11.3 Å². The van der Waals surface area contributed by atoms with E-state index in [0.29, 0.717) is 24.6 Å². The largest absolute Gasteiger partial charge is 0.489 e. The molecule has 1 amide bonds. The second kappa shape index (κ2) is 9.46. The van der Waals surface area contributed by atoms with Crippen molar-refractivity contribution in [2.45, 2.75) is 26.5 Å². The van der Waals surface area contributed by atoms with Crippen molar-refractivity contribution in [2.24, 2.45) is 10.7 Å². The van der Waals surface area contributed by atoms with Crippen molar-refractivity contribution in [3.8, 4) is 5.75 Å². The highest BCUT2D eigenvalue weighted by molar-refractivity contribution is 5.92. The van der Waals surface area contributed by atoms with Crippen molar-refractivity contribution >= 4 is 11.9 Å². The Hall–Kier alpha value is -3.02. The molecular formula is C20H26N4O2. The number of aryl methyl sites for hydroxylation is 1. The average molecular weight is 354 g/mol. The Morgan fingerprint density at radius 3 is 2.54 bits per heavy atom. The number of nitrogens with one attached hydrogen (secondary N) is 2. The summed E-state index contributed by atoms with van der Waals surface area (Å²) in [5.41, 5.74) is 7.94. The number of aliphatic imine (C=N–C) groups is 1. The second-order valence-electron chi connectivity index (χ2n) is 6.11. The number of ether oxygens (including phenoxy) is 1. The van der Waals surface area contributed by atoms with E-state index in [1.807, 2.05) is 50.2 Å². The molecule has 1 atom stereocenters. The Labute approximate surface area is 154 Å². The summed E-state index contributed by atoms with van der Waals surface area (Å²) in [5, 5.41) is 6.47. The third kappa shape index (κ3) is 6.12. The zero-order valence-corrected chi connectivity index (χ0v) is 15.5. The lowest BCUT2D eigenvalue weighted by atomic mass is 10.1. The molecule has 2 aromatic rings. The molecule has 4 N–H and O–H groups in total. The lowest BCUT2D eigenvalue weighted by Crippen LogP contribution is -2.41. The normalized spacial score (nSPS) is 12.3. The minimum atomic E-state index is -0.426. The maximum atomic E-state index is 11.1. The molecule has 1 unspecified atom stereocenters. The fraction of sp³-hybridized carbons (Fsp3) is 0.300. The van der Waals surface area contributed by atoms with Gasteiger partial charge in [-0.2, -0.15) is 0 Å². The molecule has 0 saturated carbocycles. The summed E-state index contributed by atoms with van der Waals surface area (Å²) >= 11 is 0. The first-order valence-corrected chi connectivity index (χ1v) is 8.54. The van der Waals surface area contributed by atoms with Crippen molar-refractivity contribution < 1.29 is 9.53 Å². The molecule has 0 fully saturated rings. The molecule has 0 bridgehead atoms. The number of carbonyl (C=O) groups excluding carboxylic acids is 1. The molecule has 6 heteroatoms. The standard InChI is InChI=1S/C20H26N4O2/c1-14-5-4-6-18(11-14)26-15(2)12-23-20(22-3)24-13-16-7-9-17(10-8-16)19(21)25/h4-11,15H,12-13H2,1-3H3,(H2,21,25)(H2,22,23,24). The van der Waals surface area contributed by atoms with Crippen molar-refractivity contribution in [3.05, 3.63) is 65.2 Å². The molecule has 0 aliphatic heterocycles. The van der Waals surface area contributed by atoms with Crippen LogP contribution in [0.3, 0.4) is 0 Å². The molecule has 0 aromatic heterocycles. The maximum absolute atomic E-state index is 11.1. The Bertz CT molecular complexity index is 757. The van der Waals surface area contributed by atoms with Gasteiger partial charge in [0.1, 0.15) is 11.9 Å². The van der Waals surface area contributed by atoms with E-state index in [1.54, 1.807) is 19.2 Å². The Morgan fingerprint density at radius 2 is 1.92 bits per heavy atom. The van der Waals surface area contributed by atoms with Crippen LogP contribution in [-0.4, -0.2) is 31.6 Å².